The molecule has 0 spiro atoms. The summed E-state index contributed by atoms with van der Waals surface area (Å²) in [4.78, 5) is 8.09. The number of aromatic nitrogens is 2. The Hall–Kier alpha value is -1.16. The molecule has 1 heterocycles. The average molecular weight is 193 g/mol. The lowest BCUT2D eigenvalue weighted by Gasteiger charge is -2.09. The molecule has 0 radical (unpaired) electrons. The van der Waals surface area contributed by atoms with Gasteiger partial charge in [0.15, 0.2) is 0 Å². The van der Waals surface area contributed by atoms with E-state index in [4.69, 9.17) is 10.5 Å². The van der Waals surface area contributed by atoms with Crippen molar-refractivity contribution in [3.63, 3.8) is 0 Å². The zero-order chi connectivity index (χ0) is 9.80. The van der Waals surface area contributed by atoms with Gasteiger partial charge in [-0.1, -0.05) is 12.8 Å². The van der Waals surface area contributed by atoms with E-state index in [9.17, 15) is 0 Å². The van der Waals surface area contributed by atoms with Gasteiger partial charge < -0.3 is 10.5 Å². The molecule has 76 valence electrons. The van der Waals surface area contributed by atoms with Crippen molar-refractivity contribution in [3.8, 4) is 0 Å². The summed E-state index contributed by atoms with van der Waals surface area (Å²) >= 11 is 0. The summed E-state index contributed by atoms with van der Waals surface area (Å²) in [6.45, 7) is 0.554. The van der Waals surface area contributed by atoms with Crippen molar-refractivity contribution < 1.29 is 4.74 Å². The summed E-state index contributed by atoms with van der Waals surface area (Å²) in [7, 11) is 0. The third-order valence-corrected chi connectivity index (χ3v) is 2.49. The molecule has 4 nitrogen and oxygen atoms in total. The normalized spacial score (nSPS) is 17.4. The van der Waals surface area contributed by atoms with Crippen LogP contribution in [-0.4, -0.2) is 16.1 Å². The van der Waals surface area contributed by atoms with Gasteiger partial charge in [0.25, 0.3) is 0 Å². The SMILES string of the molecule is Nc1cnc(COC2CCCC2)cn1. The Morgan fingerprint density at radius 3 is 2.71 bits per heavy atom. The van der Waals surface area contributed by atoms with Crippen LogP contribution in [0.25, 0.3) is 0 Å². The van der Waals surface area contributed by atoms with E-state index in [2.05, 4.69) is 9.97 Å². The average Bonchev–Trinajstić information content (AvgIpc) is 2.70. The first-order chi connectivity index (χ1) is 6.84. The molecule has 0 aliphatic heterocycles. The fourth-order valence-corrected chi connectivity index (χ4v) is 1.70. The number of rotatable bonds is 3. The molecule has 14 heavy (non-hydrogen) atoms. The maximum Gasteiger partial charge on any atom is 0.141 e. The molecule has 1 aromatic heterocycles. The van der Waals surface area contributed by atoms with Crippen LogP contribution in [0.1, 0.15) is 31.4 Å². The highest BCUT2D eigenvalue weighted by Gasteiger charge is 2.15. The van der Waals surface area contributed by atoms with Gasteiger partial charge in [-0.25, -0.2) is 4.98 Å². The number of hydrogen-bond acceptors (Lipinski definition) is 4. The van der Waals surface area contributed by atoms with Crippen LogP contribution in [0.5, 0.6) is 0 Å². The molecule has 0 atom stereocenters. The van der Waals surface area contributed by atoms with E-state index in [0.717, 1.165) is 5.69 Å². The standard InChI is InChI=1S/C10H15N3O/c11-10-6-12-8(5-13-10)7-14-9-3-1-2-4-9/h5-6,9H,1-4,7H2,(H2,11,13). The lowest BCUT2D eigenvalue weighted by Crippen LogP contribution is -2.08. The van der Waals surface area contributed by atoms with Gasteiger partial charge in [-0.05, 0) is 12.8 Å². The number of nitrogens with zero attached hydrogens (tertiary/aromatic N) is 2. The molecular formula is C10H15N3O. The Bertz CT molecular complexity index is 280. The highest BCUT2D eigenvalue weighted by molar-refractivity contribution is 5.22. The second-order valence-electron chi connectivity index (χ2n) is 3.65. The zero-order valence-corrected chi connectivity index (χ0v) is 8.15. The van der Waals surface area contributed by atoms with Crippen molar-refractivity contribution in [2.75, 3.05) is 5.73 Å². The smallest absolute Gasteiger partial charge is 0.141 e. The molecule has 0 saturated heterocycles. The number of nitrogen functional groups attached to an aromatic ring is 1. The highest BCUT2D eigenvalue weighted by Crippen LogP contribution is 2.21. The molecule has 0 unspecified atom stereocenters. The van der Waals surface area contributed by atoms with Crippen molar-refractivity contribution in [1.29, 1.82) is 0 Å². The van der Waals surface area contributed by atoms with Gasteiger partial charge in [-0.2, -0.15) is 0 Å². The molecule has 1 aliphatic carbocycles. The van der Waals surface area contributed by atoms with Crippen LogP contribution in [0, 0.1) is 0 Å². The van der Waals surface area contributed by atoms with Crippen molar-refractivity contribution in [1.82, 2.24) is 9.97 Å². The number of ether oxygens (including phenoxy) is 1. The lowest BCUT2D eigenvalue weighted by atomic mass is 10.3. The molecule has 0 amide bonds. The molecule has 1 aromatic rings. The summed E-state index contributed by atoms with van der Waals surface area (Å²) in [5, 5.41) is 0. The number of anilines is 1. The number of hydrogen-bond donors (Lipinski definition) is 1. The van der Waals surface area contributed by atoms with Crippen LogP contribution in [0.3, 0.4) is 0 Å². The predicted octanol–water partition coefficient (Wildman–Crippen LogP) is 1.52. The van der Waals surface area contributed by atoms with Crippen molar-refractivity contribution in [3.05, 3.63) is 18.1 Å². The molecule has 2 rings (SSSR count). The Morgan fingerprint density at radius 1 is 1.29 bits per heavy atom. The van der Waals surface area contributed by atoms with Gasteiger partial charge in [0, 0.05) is 0 Å². The first-order valence-electron chi connectivity index (χ1n) is 5.02. The Labute approximate surface area is 83.5 Å². The van der Waals surface area contributed by atoms with Crippen LogP contribution in [0.2, 0.25) is 0 Å². The fourth-order valence-electron chi connectivity index (χ4n) is 1.70. The van der Waals surface area contributed by atoms with Crippen molar-refractivity contribution in [2.45, 2.75) is 38.4 Å². The summed E-state index contributed by atoms with van der Waals surface area (Å²) in [5.41, 5.74) is 6.28. The number of nitrogens with two attached hydrogens (primary N) is 1. The van der Waals surface area contributed by atoms with Gasteiger partial charge >= 0.3 is 0 Å². The van der Waals surface area contributed by atoms with Crippen LogP contribution < -0.4 is 5.73 Å². The molecule has 2 N–H and O–H groups in total. The van der Waals surface area contributed by atoms with Gasteiger partial charge in [0.2, 0.25) is 0 Å². The van der Waals surface area contributed by atoms with Crippen LogP contribution in [0.4, 0.5) is 5.82 Å². The maximum absolute atomic E-state index is 5.69. The molecule has 0 bridgehead atoms. The van der Waals surface area contributed by atoms with Crippen molar-refractivity contribution in [2.24, 2.45) is 0 Å². The summed E-state index contributed by atoms with van der Waals surface area (Å²) in [6, 6.07) is 0. The van der Waals surface area contributed by atoms with E-state index in [1.165, 1.54) is 25.7 Å². The quantitative estimate of drug-likeness (QED) is 0.790. The minimum atomic E-state index is 0.425. The molecule has 1 saturated carbocycles. The summed E-state index contributed by atoms with van der Waals surface area (Å²) in [6.07, 6.45) is 8.60. The van der Waals surface area contributed by atoms with E-state index in [0.29, 0.717) is 18.5 Å². The monoisotopic (exact) mass is 193 g/mol. The summed E-state index contributed by atoms with van der Waals surface area (Å²) in [5.74, 6) is 0.453. The van der Waals surface area contributed by atoms with E-state index >= 15 is 0 Å². The highest BCUT2D eigenvalue weighted by atomic mass is 16.5. The van der Waals surface area contributed by atoms with E-state index in [-0.39, 0.29) is 0 Å². The third kappa shape index (κ3) is 2.42. The van der Waals surface area contributed by atoms with Gasteiger partial charge in [0.1, 0.15) is 5.82 Å². The molecule has 1 fully saturated rings. The van der Waals surface area contributed by atoms with Crippen molar-refractivity contribution >= 4 is 5.82 Å². The van der Waals surface area contributed by atoms with Gasteiger partial charge in [0.05, 0.1) is 30.8 Å². The van der Waals surface area contributed by atoms with E-state index < -0.39 is 0 Å². The first-order valence-corrected chi connectivity index (χ1v) is 5.02. The molecular weight excluding hydrogens is 178 g/mol. The van der Waals surface area contributed by atoms with Crippen LogP contribution >= 0.6 is 0 Å². The zero-order valence-electron chi connectivity index (χ0n) is 8.15. The minimum absolute atomic E-state index is 0.425. The van der Waals surface area contributed by atoms with E-state index in [1.54, 1.807) is 12.4 Å². The molecule has 1 aliphatic rings. The van der Waals surface area contributed by atoms with E-state index in [1.807, 2.05) is 0 Å². The second-order valence-corrected chi connectivity index (χ2v) is 3.65. The fraction of sp³-hybridized carbons (Fsp3) is 0.600. The predicted molar refractivity (Wildman–Crippen MR) is 53.5 cm³/mol. The minimum Gasteiger partial charge on any atom is -0.382 e. The Balaban J connectivity index is 1.82. The molecule has 4 heteroatoms. The largest absolute Gasteiger partial charge is 0.382 e. The Morgan fingerprint density at radius 2 is 2.07 bits per heavy atom. The Kier molecular flexibility index (Phi) is 2.93. The second kappa shape index (κ2) is 4.37. The topological polar surface area (TPSA) is 61.0 Å². The lowest BCUT2D eigenvalue weighted by molar-refractivity contribution is 0.0436. The van der Waals surface area contributed by atoms with Crippen LogP contribution in [0.15, 0.2) is 12.4 Å². The van der Waals surface area contributed by atoms with Gasteiger partial charge in [-0.3, -0.25) is 4.98 Å². The van der Waals surface area contributed by atoms with Crippen LogP contribution in [-0.2, 0) is 11.3 Å². The van der Waals surface area contributed by atoms with Gasteiger partial charge in [-0.15, -0.1) is 0 Å². The third-order valence-electron chi connectivity index (χ3n) is 2.49. The molecule has 0 aromatic carbocycles. The maximum atomic E-state index is 5.69. The summed E-state index contributed by atoms with van der Waals surface area (Å²) < 4.78 is 5.69. The first kappa shape index (κ1) is 9.40.